The summed E-state index contributed by atoms with van der Waals surface area (Å²) in [7, 11) is 0. The molecule has 0 saturated heterocycles. The van der Waals surface area contributed by atoms with Crippen LogP contribution < -0.4 is 33.2 Å². The van der Waals surface area contributed by atoms with Gasteiger partial charge in [0.15, 0.2) is 0 Å². The van der Waals surface area contributed by atoms with Crippen molar-refractivity contribution in [1.29, 1.82) is 0 Å². The molecule has 0 fully saturated rings. The van der Waals surface area contributed by atoms with Gasteiger partial charge < -0.3 is 43.4 Å². The van der Waals surface area contributed by atoms with Crippen molar-refractivity contribution >= 4 is 54.1 Å². The minimum absolute atomic E-state index is 0.240. The highest BCUT2D eigenvalue weighted by Crippen LogP contribution is 2.02. The van der Waals surface area contributed by atoms with Gasteiger partial charge in [-0.3, -0.25) is 28.8 Å². The van der Waals surface area contributed by atoms with E-state index in [9.17, 15) is 33.6 Å². The van der Waals surface area contributed by atoms with Crippen molar-refractivity contribution in [3.05, 3.63) is 0 Å². The van der Waals surface area contributed by atoms with E-state index < -0.39 is 78.5 Å². The largest absolute Gasteiger partial charge is 0.481 e. The van der Waals surface area contributed by atoms with Crippen LogP contribution >= 0.6 is 12.6 Å². The number of thiol groups is 1. The highest BCUT2D eigenvalue weighted by molar-refractivity contribution is 7.80. The fourth-order valence-corrected chi connectivity index (χ4v) is 2.64. The molecule has 4 unspecified atom stereocenters. The molecule has 0 aromatic heterocycles. The maximum Gasteiger partial charge on any atom is 0.326 e. The lowest BCUT2D eigenvalue weighted by atomic mass is 10.1. The third-order valence-corrected chi connectivity index (χ3v) is 4.52. The average Bonchev–Trinajstić information content (AvgIpc) is 2.71. The number of carbonyl (C=O) groups is 7. The average molecular weight is 493 g/mol. The van der Waals surface area contributed by atoms with E-state index in [0.717, 1.165) is 0 Å². The summed E-state index contributed by atoms with van der Waals surface area (Å²) in [5, 5.41) is 24.3. The van der Waals surface area contributed by atoms with E-state index in [0.29, 0.717) is 0 Å². The maximum atomic E-state index is 12.6. The number of hydrogen-bond donors (Lipinski definition) is 9. The lowest BCUT2D eigenvalue weighted by Crippen LogP contribution is -2.58. The van der Waals surface area contributed by atoms with Gasteiger partial charge >= 0.3 is 11.9 Å². The number of carboxylic acid groups (broad SMARTS) is 2. The van der Waals surface area contributed by atoms with Gasteiger partial charge in [0.25, 0.3) is 0 Å². The number of amides is 5. The predicted octanol–water partition coefficient (Wildman–Crippen LogP) is -4.21. The Balaban J connectivity index is 5.24. The third-order valence-electron chi connectivity index (χ3n) is 4.15. The third kappa shape index (κ3) is 12.3. The van der Waals surface area contributed by atoms with E-state index in [2.05, 4.69) is 28.6 Å². The molecule has 0 rings (SSSR count). The second-order valence-electron chi connectivity index (χ2n) is 6.92. The SMILES string of the molecule is NC(=O)CCC(NC(=O)C(CS)NC(=O)C(CC(N)=O)NC(=O)C(N)CCC(=O)O)C(=O)O. The molecule has 0 radical (unpaired) electrons. The summed E-state index contributed by atoms with van der Waals surface area (Å²) in [4.78, 5) is 81.1. The lowest BCUT2D eigenvalue weighted by Gasteiger charge is -2.24. The molecule has 0 heterocycles. The summed E-state index contributed by atoms with van der Waals surface area (Å²) >= 11 is 3.92. The van der Waals surface area contributed by atoms with Gasteiger partial charge in [0.2, 0.25) is 29.5 Å². The molecule has 0 saturated carbocycles. The first-order chi connectivity index (χ1) is 15.3. The molecular weight excluding hydrogens is 464 g/mol. The summed E-state index contributed by atoms with van der Waals surface area (Å²) in [5.74, 6) is -7.59. The van der Waals surface area contributed by atoms with E-state index in [1.54, 1.807) is 0 Å². The highest BCUT2D eigenvalue weighted by atomic mass is 32.1. The lowest BCUT2D eigenvalue weighted by molar-refractivity contribution is -0.142. The summed E-state index contributed by atoms with van der Waals surface area (Å²) in [6.07, 6.45) is -1.93. The van der Waals surface area contributed by atoms with Crippen LogP contribution in [0, 0.1) is 0 Å². The molecule has 0 aromatic rings. The Labute approximate surface area is 193 Å². The number of aliphatic carboxylic acids is 2. The van der Waals surface area contributed by atoms with Crippen molar-refractivity contribution in [2.45, 2.75) is 56.3 Å². The number of hydrogen-bond acceptors (Lipinski definition) is 9. The molecule has 186 valence electrons. The van der Waals surface area contributed by atoms with E-state index >= 15 is 0 Å². The topological polar surface area (TPSA) is 274 Å². The number of primary amides is 2. The van der Waals surface area contributed by atoms with E-state index in [1.807, 2.05) is 0 Å². The normalized spacial score (nSPS) is 14.1. The smallest absolute Gasteiger partial charge is 0.326 e. The molecule has 0 aliphatic carbocycles. The van der Waals surface area contributed by atoms with Crippen LogP contribution in [-0.4, -0.2) is 81.6 Å². The molecule has 33 heavy (non-hydrogen) atoms. The molecule has 15 nitrogen and oxygen atoms in total. The number of carboxylic acids is 2. The zero-order valence-electron chi connectivity index (χ0n) is 17.5. The van der Waals surface area contributed by atoms with Crippen LogP contribution in [0.3, 0.4) is 0 Å². The number of nitrogens with one attached hydrogen (secondary N) is 3. The van der Waals surface area contributed by atoms with Gasteiger partial charge in [-0.25, -0.2) is 4.79 Å². The molecule has 0 spiro atoms. The van der Waals surface area contributed by atoms with Crippen LogP contribution in [0.5, 0.6) is 0 Å². The Bertz CT molecular complexity index is 778. The number of rotatable bonds is 16. The Morgan fingerprint density at radius 1 is 0.727 bits per heavy atom. The van der Waals surface area contributed by atoms with E-state index in [1.165, 1.54) is 0 Å². The standard InChI is InChI=1S/C17H28N6O9S/c18-7(1-4-13(26)27)14(28)22-9(5-12(20)25)15(29)23-10(6-33)16(30)21-8(17(31)32)2-3-11(19)24/h7-10,33H,1-6,18H2,(H2,19,24)(H2,20,25)(H,21,30)(H,22,28)(H,23,29)(H,26,27)(H,31,32). The maximum absolute atomic E-state index is 12.6. The molecule has 0 bridgehead atoms. The van der Waals surface area contributed by atoms with Crippen LogP contribution in [0.25, 0.3) is 0 Å². The second kappa shape index (κ2) is 14.6. The molecule has 16 heteroatoms. The Morgan fingerprint density at radius 3 is 1.70 bits per heavy atom. The zero-order chi connectivity index (χ0) is 25.7. The van der Waals surface area contributed by atoms with Crippen molar-refractivity contribution < 1.29 is 43.8 Å². The van der Waals surface area contributed by atoms with Gasteiger partial charge in [0.1, 0.15) is 18.1 Å². The molecular formula is C17H28N6O9S. The summed E-state index contributed by atoms with van der Waals surface area (Å²) in [5.41, 5.74) is 15.6. The Kier molecular flexibility index (Phi) is 13.1. The quantitative estimate of drug-likeness (QED) is 0.0936. The van der Waals surface area contributed by atoms with Crippen LogP contribution in [0.4, 0.5) is 0 Å². The van der Waals surface area contributed by atoms with Crippen molar-refractivity contribution in [3.63, 3.8) is 0 Å². The van der Waals surface area contributed by atoms with Crippen molar-refractivity contribution in [2.75, 3.05) is 5.75 Å². The monoisotopic (exact) mass is 492 g/mol. The Morgan fingerprint density at radius 2 is 1.24 bits per heavy atom. The van der Waals surface area contributed by atoms with Gasteiger partial charge in [-0.15, -0.1) is 0 Å². The van der Waals surface area contributed by atoms with Gasteiger partial charge in [0.05, 0.1) is 12.5 Å². The van der Waals surface area contributed by atoms with Gasteiger partial charge in [-0.1, -0.05) is 0 Å². The highest BCUT2D eigenvalue weighted by Gasteiger charge is 2.30. The molecule has 0 aliphatic heterocycles. The number of carbonyl (C=O) groups excluding carboxylic acids is 5. The molecule has 0 aliphatic rings. The molecule has 0 aromatic carbocycles. The fraction of sp³-hybridized carbons (Fsp3) is 0.588. The minimum Gasteiger partial charge on any atom is -0.481 e. The van der Waals surface area contributed by atoms with E-state index in [-0.39, 0.29) is 25.0 Å². The summed E-state index contributed by atoms with van der Waals surface area (Å²) in [6.45, 7) is 0. The minimum atomic E-state index is -1.55. The van der Waals surface area contributed by atoms with Crippen molar-refractivity contribution in [1.82, 2.24) is 16.0 Å². The first-order valence-corrected chi connectivity index (χ1v) is 10.2. The van der Waals surface area contributed by atoms with Crippen LogP contribution in [0.1, 0.15) is 32.1 Å². The summed E-state index contributed by atoms with van der Waals surface area (Å²) in [6, 6.07) is -5.71. The predicted molar refractivity (Wildman–Crippen MR) is 114 cm³/mol. The zero-order valence-corrected chi connectivity index (χ0v) is 18.4. The first kappa shape index (κ1) is 29.6. The van der Waals surface area contributed by atoms with E-state index in [4.69, 9.17) is 27.4 Å². The van der Waals surface area contributed by atoms with Crippen LogP contribution in [-0.2, 0) is 33.6 Å². The molecule has 4 atom stereocenters. The van der Waals surface area contributed by atoms with Crippen LogP contribution in [0.15, 0.2) is 0 Å². The fourth-order valence-electron chi connectivity index (χ4n) is 2.38. The molecule has 5 amide bonds. The second-order valence-corrected chi connectivity index (χ2v) is 7.28. The summed E-state index contributed by atoms with van der Waals surface area (Å²) < 4.78 is 0. The van der Waals surface area contributed by atoms with Gasteiger partial charge in [-0.05, 0) is 12.8 Å². The van der Waals surface area contributed by atoms with Crippen molar-refractivity contribution in [2.24, 2.45) is 17.2 Å². The Hall–Kier alpha value is -3.40. The van der Waals surface area contributed by atoms with Crippen molar-refractivity contribution in [3.8, 4) is 0 Å². The van der Waals surface area contributed by atoms with Gasteiger partial charge in [0, 0.05) is 18.6 Å². The van der Waals surface area contributed by atoms with Crippen LogP contribution in [0.2, 0.25) is 0 Å². The number of nitrogens with two attached hydrogens (primary N) is 3. The van der Waals surface area contributed by atoms with Gasteiger partial charge in [-0.2, -0.15) is 12.6 Å². The first-order valence-electron chi connectivity index (χ1n) is 9.57. The molecule has 11 N–H and O–H groups in total.